The van der Waals surface area contributed by atoms with Crippen molar-refractivity contribution < 1.29 is 4.42 Å². The Kier molecular flexibility index (Phi) is 3.09. The molecule has 0 aliphatic heterocycles. The minimum atomic E-state index is 0.692. The van der Waals surface area contributed by atoms with E-state index in [1.165, 1.54) is 0 Å². The van der Waals surface area contributed by atoms with Gasteiger partial charge in [-0.25, -0.2) is 4.98 Å². The molecule has 0 spiro atoms. The van der Waals surface area contributed by atoms with Gasteiger partial charge in [-0.2, -0.15) is 0 Å². The van der Waals surface area contributed by atoms with Gasteiger partial charge in [0.25, 0.3) is 0 Å². The number of oxazole rings is 1. The van der Waals surface area contributed by atoms with Crippen molar-refractivity contribution in [3.8, 4) is 0 Å². The molecule has 0 aromatic carbocycles. The molecule has 0 aliphatic carbocycles. The maximum Gasteiger partial charge on any atom is 0.218 e. The third kappa shape index (κ3) is 2.91. The summed E-state index contributed by atoms with van der Waals surface area (Å²) in [6.45, 7) is 6.29. The van der Waals surface area contributed by atoms with Gasteiger partial charge >= 0.3 is 0 Å². The summed E-state index contributed by atoms with van der Waals surface area (Å²) >= 11 is 0. The average Bonchev–Trinajstić information content (AvgIpc) is 2.35. The first-order chi connectivity index (χ1) is 5.68. The molecule has 0 atom stereocenters. The zero-order valence-electron chi connectivity index (χ0n) is 7.87. The molecule has 1 rings (SSSR count). The van der Waals surface area contributed by atoms with Gasteiger partial charge in [-0.05, 0) is 25.3 Å². The second kappa shape index (κ2) is 4.10. The number of hydrogen-bond donors (Lipinski definition) is 0. The zero-order chi connectivity index (χ0) is 8.97. The van der Waals surface area contributed by atoms with Crippen LogP contribution in [0.25, 0.3) is 6.08 Å². The molecule has 0 aliphatic rings. The molecular weight excluding hydrogens is 150 g/mol. The summed E-state index contributed by atoms with van der Waals surface area (Å²) < 4.78 is 5.15. The van der Waals surface area contributed by atoms with E-state index in [-0.39, 0.29) is 0 Å². The molecule has 1 aromatic rings. The van der Waals surface area contributed by atoms with Crippen molar-refractivity contribution in [3.63, 3.8) is 0 Å². The molecule has 66 valence electrons. The number of aromatic nitrogens is 1. The van der Waals surface area contributed by atoms with E-state index in [4.69, 9.17) is 4.42 Å². The summed E-state index contributed by atoms with van der Waals surface area (Å²) in [6, 6.07) is 0. The van der Waals surface area contributed by atoms with Crippen molar-refractivity contribution in [3.05, 3.63) is 23.9 Å². The highest BCUT2D eigenvalue weighted by Gasteiger charge is 1.94. The van der Waals surface area contributed by atoms with E-state index in [2.05, 4.69) is 24.9 Å². The Morgan fingerprint density at radius 1 is 1.58 bits per heavy atom. The average molecular weight is 165 g/mol. The van der Waals surface area contributed by atoms with Crippen molar-refractivity contribution >= 4 is 6.08 Å². The maximum absolute atomic E-state index is 5.15. The lowest BCUT2D eigenvalue weighted by Crippen LogP contribution is -1.81. The maximum atomic E-state index is 5.15. The highest BCUT2D eigenvalue weighted by Crippen LogP contribution is 2.05. The van der Waals surface area contributed by atoms with E-state index in [0.29, 0.717) is 11.8 Å². The number of hydrogen-bond acceptors (Lipinski definition) is 2. The first kappa shape index (κ1) is 9.04. The van der Waals surface area contributed by atoms with Gasteiger partial charge in [-0.15, -0.1) is 0 Å². The van der Waals surface area contributed by atoms with Crippen LogP contribution in [-0.4, -0.2) is 4.98 Å². The molecule has 0 unspecified atom stereocenters. The standard InChI is InChI=1S/C10H15NO/c1-8(2)5-4-6-10-11-9(3)7-12-10/h4,6-8H,5H2,1-3H3. The van der Waals surface area contributed by atoms with Crippen LogP contribution in [0.15, 0.2) is 16.8 Å². The molecule has 0 bridgehead atoms. The lowest BCUT2D eigenvalue weighted by atomic mass is 10.1. The zero-order valence-corrected chi connectivity index (χ0v) is 7.87. The molecule has 1 heterocycles. The Hall–Kier alpha value is -1.05. The fourth-order valence-corrected chi connectivity index (χ4v) is 0.890. The van der Waals surface area contributed by atoms with E-state index in [1.807, 2.05) is 13.0 Å². The van der Waals surface area contributed by atoms with Crippen molar-refractivity contribution in [2.45, 2.75) is 27.2 Å². The fraction of sp³-hybridized carbons (Fsp3) is 0.500. The highest BCUT2D eigenvalue weighted by atomic mass is 16.3. The van der Waals surface area contributed by atoms with Gasteiger partial charge in [0.2, 0.25) is 5.89 Å². The summed E-state index contributed by atoms with van der Waals surface area (Å²) in [4.78, 5) is 4.15. The predicted octanol–water partition coefficient (Wildman–Crippen LogP) is 3.04. The minimum Gasteiger partial charge on any atom is -0.445 e. The summed E-state index contributed by atoms with van der Waals surface area (Å²) in [5.74, 6) is 1.39. The monoisotopic (exact) mass is 165 g/mol. The number of nitrogens with zero attached hydrogens (tertiary/aromatic N) is 1. The molecule has 2 nitrogen and oxygen atoms in total. The molecule has 0 saturated carbocycles. The summed E-state index contributed by atoms with van der Waals surface area (Å²) in [6.07, 6.45) is 6.75. The van der Waals surface area contributed by atoms with Gasteiger partial charge in [0, 0.05) is 0 Å². The lowest BCUT2D eigenvalue weighted by molar-refractivity contribution is 0.545. The molecule has 12 heavy (non-hydrogen) atoms. The van der Waals surface area contributed by atoms with Gasteiger partial charge in [-0.1, -0.05) is 19.9 Å². The van der Waals surface area contributed by atoms with Crippen LogP contribution in [0.3, 0.4) is 0 Å². The molecule has 2 heteroatoms. The fourth-order valence-electron chi connectivity index (χ4n) is 0.890. The van der Waals surface area contributed by atoms with Gasteiger partial charge < -0.3 is 4.42 Å². The SMILES string of the molecule is Cc1coc(C=CCC(C)C)n1. The van der Waals surface area contributed by atoms with Gasteiger partial charge in [0.15, 0.2) is 0 Å². The van der Waals surface area contributed by atoms with Crippen molar-refractivity contribution in [1.29, 1.82) is 0 Å². The van der Waals surface area contributed by atoms with Crippen molar-refractivity contribution in [1.82, 2.24) is 4.98 Å². The van der Waals surface area contributed by atoms with Crippen LogP contribution in [0.4, 0.5) is 0 Å². The largest absolute Gasteiger partial charge is 0.445 e. The Bertz CT molecular complexity index is 261. The van der Waals surface area contributed by atoms with E-state index < -0.39 is 0 Å². The van der Waals surface area contributed by atoms with Crippen LogP contribution >= 0.6 is 0 Å². The van der Waals surface area contributed by atoms with Crippen LogP contribution in [0.2, 0.25) is 0 Å². The third-order valence-corrected chi connectivity index (χ3v) is 1.50. The molecular formula is C10H15NO. The third-order valence-electron chi connectivity index (χ3n) is 1.50. The topological polar surface area (TPSA) is 26.0 Å². The predicted molar refractivity (Wildman–Crippen MR) is 49.7 cm³/mol. The Morgan fingerprint density at radius 3 is 2.83 bits per heavy atom. The first-order valence-corrected chi connectivity index (χ1v) is 4.27. The van der Waals surface area contributed by atoms with Crippen LogP contribution in [0.5, 0.6) is 0 Å². The van der Waals surface area contributed by atoms with Gasteiger partial charge in [0.1, 0.15) is 6.26 Å². The van der Waals surface area contributed by atoms with Gasteiger partial charge in [-0.3, -0.25) is 0 Å². The highest BCUT2D eigenvalue weighted by molar-refractivity contribution is 5.37. The smallest absolute Gasteiger partial charge is 0.218 e. The Balaban J connectivity index is 2.46. The second-order valence-electron chi connectivity index (χ2n) is 3.36. The quantitative estimate of drug-likeness (QED) is 0.688. The Labute approximate surface area is 73.3 Å². The van der Waals surface area contributed by atoms with E-state index in [1.54, 1.807) is 6.26 Å². The molecule has 0 radical (unpaired) electrons. The number of allylic oxidation sites excluding steroid dienone is 1. The molecule has 0 N–H and O–H groups in total. The van der Waals surface area contributed by atoms with Gasteiger partial charge in [0.05, 0.1) is 5.69 Å². The summed E-state index contributed by atoms with van der Waals surface area (Å²) in [5, 5.41) is 0. The van der Waals surface area contributed by atoms with Crippen molar-refractivity contribution in [2.24, 2.45) is 5.92 Å². The molecule has 1 aromatic heterocycles. The molecule has 0 saturated heterocycles. The minimum absolute atomic E-state index is 0.692. The van der Waals surface area contributed by atoms with E-state index in [9.17, 15) is 0 Å². The summed E-state index contributed by atoms with van der Waals surface area (Å²) in [5.41, 5.74) is 0.930. The van der Waals surface area contributed by atoms with Crippen LogP contribution in [0.1, 0.15) is 31.9 Å². The number of rotatable bonds is 3. The first-order valence-electron chi connectivity index (χ1n) is 4.27. The van der Waals surface area contributed by atoms with E-state index in [0.717, 1.165) is 12.1 Å². The van der Waals surface area contributed by atoms with Crippen LogP contribution < -0.4 is 0 Å². The molecule has 0 fully saturated rings. The van der Waals surface area contributed by atoms with Crippen molar-refractivity contribution in [2.75, 3.05) is 0 Å². The second-order valence-corrected chi connectivity index (χ2v) is 3.36. The molecule has 0 amide bonds. The van der Waals surface area contributed by atoms with E-state index >= 15 is 0 Å². The normalized spacial score (nSPS) is 11.7. The van der Waals surface area contributed by atoms with Crippen LogP contribution in [-0.2, 0) is 0 Å². The van der Waals surface area contributed by atoms with Crippen LogP contribution in [0, 0.1) is 12.8 Å². The summed E-state index contributed by atoms with van der Waals surface area (Å²) in [7, 11) is 0. The Morgan fingerprint density at radius 2 is 2.33 bits per heavy atom. The number of aryl methyl sites for hydroxylation is 1. The lowest BCUT2D eigenvalue weighted by Gasteiger charge is -1.94.